The summed E-state index contributed by atoms with van der Waals surface area (Å²) in [7, 11) is 0.924. The van der Waals surface area contributed by atoms with Crippen molar-refractivity contribution in [3.63, 3.8) is 0 Å². The van der Waals surface area contributed by atoms with E-state index in [0.29, 0.717) is 5.82 Å². The molecule has 1 aromatic heterocycles. The summed E-state index contributed by atoms with van der Waals surface area (Å²) < 4.78 is 9.86. The van der Waals surface area contributed by atoms with E-state index < -0.39 is 7.26 Å². The maximum absolute atomic E-state index is 11.9. The number of aromatic nitrogens is 4. The minimum atomic E-state index is -2.10. The van der Waals surface area contributed by atoms with Gasteiger partial charge in [-0.2, -0.15) is 5.21 Å². The molecule has 0 saturated carbocycles. The fraction of sp³-hybridized carbons (Fsp3) is 0.0667. The number of rotatable bonds is 7. The van der Waals surface area contributed by atoms with Gasteiger partial charge in [0.1, 0.15) is 28.9 Å². The fourth-order valence-corrected chi connectivity index (χ4v) is 7.62. The van der Waals surface area contributed by atoms with Crippen molar-refractivity contribution in [2.45, 2.75) is 0 Å². The molecule has 5 aromatic rings. The summed E-state index contributed by atoms with van der Waals surface area (Å²) in [6.45, 7) is 0. The largest absolute Gasteiger partial charge is 0.497 e. The normalized spacial score (nSPS) is 10.9. The first kappa shape index (κ1) is 26.5. The topological polar surface area (TPSA) is 88.3 Å². The molecule has 0 aliphatic heterocycles. The number of benzene rings is 4. The van der Waals surface area contributed by atoms with Crippen LogP contribution in [0.4, 0.5) is 0 Å². The number of ether oxygens (including phenoxy) is 2. The summed E-state index contributed by atoms with van der Waals surface area (Å²) in [6, 6.07) is 38.5. The van der Waals surface area contributed by atoms with Crippen molar-refractivity contribution < 1.29 is 14.3 Å². The molecule has 0 fully saturated rings. The van der Waals surface area contributed by atoms with Gasteiger partial charge in [0.25, 0.3) is 0 Å². The minimum absolute atomic E-state index is 0.341. The highest BCUT2D eigenvalue weighted by molar-refractivity contribution is 7.98. The third-order valence-corrected chi connectivity index (χ3v) is 9.73. The molecular formula is C30H27N4O3P. The second-order valence-electron chi connectivity index (χ2n) is 8.00. The van der Waals surface area contributed by atoms with Gasteiger partial charge in [0.2, 0.25) is 0 Å². The summed E-state index contributed by atoms with van der Waals surface area (Å²) in [5.74, 6) is 3.03. The number of hydrogen-bond acceptors (Lipinski definition) is 6. The SMILES string of the molecule is COC(=O)/C=C\[P+](c1ccccc1)(c1ccccc1)c1ccccc1.COc1ccc(-c2nnn[n-]2)cc1. The number of nitrogens with zero attached hydrogens (tertiary/aromatic N) is 4. The second kappa shape index (κ2) is 13.1. The van der Waals surface area contributed by atoms with Crippen LogP contribution in [0.15, 0.2) is 127 Å². The van der Waals surface area contributed by atoms with Crippen LogP contribution >= 0.6 is 7.26 Å². The molecule has 0 aliphatic carbocycles. The summed E-state index contributed by atoms with van der Waals surface area (Å²) in [6.07, 6.45) is 1.56. The van der Waals surface area contributed by atoms with Crippen molar-refractivity contribution in [3.8, 4) is 17.1 Å². The van der Waals surface area contributed by atoms with Crippen molar-refractivity contribution >= 4 is 29.1 Å². The number of carbonyl (C=O) groups excluding carboxylic acids is 1. The van der Waals surface area contributed by atoms with Crippen molar-refractivity contribution in [3.05, 3.63) is 127 Å². The van der Waals surface area contributed by atoms with E-state index >= 15 is 0 Å². The molecule has 0 aliphatic rings. The Morgan fingerprint density at radius 3 is 1.63 bits per heavy atom. The van der Waals surface area contributed by atoms with Gasteiger partial charge < -0.3 is 14.6 Å². The number of tetrazole rings is 1. The molecule has 38 heavy (non-hydrogen) atoms. The van der Waals surface area contributed by atoms with Crippen molar-refractivity contribution in [1.29, 1.82) is 0 Å². The number of hydrogen-bond donors (Lipinski definition) is 0. The van der Waals surface area contributed by atoms with E-state index in [0.717, 1.165) is 11.3 Å². The number of methoxy groups -OCH3 is 2. The highest BCUT2D eigenvalue weighted by Gasteiger charge is 2.43. The molecule has 0 atom stereocenters. The lowest BCUT2D eigenvalue weighted by molar-refractivity contribution is -0.134. The standard InChI is InChI=1S/C22H20O2P.C8H7N4O/c1-24-22(23)17-18-25(19-11-5-2-6-12-19,20-13-7-3-8-14-20)21-15-9-4-10-16-21;1-13-7-4-2-6(3-5-7)8-9-11-12-10-8/h2-18H,1H3;2-5H,1H3/q+1;-1/b18-17-;. The molecule has 4 aromatic carbocycles. The van der Waals surface area contributed by atoms with Crippen LogP contribution in [0.2, 0.25) is 0 Å². The molecule has 1 heterocycles. The molecule has 5 rings (SSSR count). The minimum Gasteiger partial charge on any atom is -0.497 e. The van der Waals surface area contributed by atoms with Crippen LogP contribution in [0.1, 0.15) is 0 Å². The Bertz CT molecular complexity index is 1330. The number of carbonyl (C=O) groups is 1. The smallest absolute Gasteiger partial charge is 0.333 e. The predicted molar refractivity (Wildman–Crippen MR) is 151 cm³/mol. The lowest BCUT2D eigenvalue weighted by atomic mass is 10.2. The van der Waals surface area contributed by atoms with E-state index in [1.54, 1.807) is 13.2 Å². The molecule has 0 spiro atoms. The molecule has 0 N–H and O–H groups in total. The lowest BCUT2D eigenvalue weighted by Crippen LogP contribution is -2.29. The molecular weight excluding hydrogens is 495 g/mol. The highest BCUT2D eigenvalue weighted by Crippen LogP contribution is 2.56. The van der Waals surface area contributed by atoms with E-state index in [2.05, 4.69) is 57.0 Å². The van der Waals surface area contributed by atoms with Crippen LogP contribution in [0.25, 0.3) is 11.4 Å². The van der Waals surface area contributed by atoms with Crippen LogP contribution < -0.4 is 25.7 Å². The van der Waals surface area contributed by atoms with Gasteiger partial charge in [-0.25, -0.2) is 4.79 Å². The zero-order chi connectivity index (χ0) is 26.6. The van der Waals surface area contributed by atoms with Crippen LogP contribution in [0.5, 0.6) is 5.75 Å². The van der Waals surface area contributed by atoms with Gasteiger partial charge in [0.05, 0.1) is 26.1 Å². The van der Waals surface area contributed by atoms with Gasteiger partial charge in [-0.1, -0.05) is 66.7 Å². The molecule has 0 bridgehead atoms. The van der Waals surface area contributed by atoms with Crippen LogP contribution in [0.3, 0.4) is 0 Å². The third-order valence-electron chi connectivity index (χ3n) is 5.79. The maximum atomic E-state index is 11.9. The van der Waals surface area contributed by atoms with E-state index in [4.69, 9.17) is 9.47 Å². The zero-order valence-corrected chi connectivity index (χ0v) is 22.0. The molecule has 0 saturated heterocycles. The molecule has 8 heteroatoms. The molecule has 0 radical (unpaired) electrons. The number of esters is 1. The molecule has 0 amide bonds. The van der Waals surface area contributed by atoms with E-state index in [1.165, 1.54) is 23.0 Å². The Kier molecular flexibility index (Phi) is 9.11. The third kappa shape index (κ3) is 6.20. The first-order chi connectivity index (χ1) is 18.7. The Hall–Kier alpha value is -4.61. The van der Waals surface area contributed by atoms with Crippen LogP contribution in [0, 0.1) is 0 Å². The van der Waals surface area contributed by atoms with Gasteiger partial charge >= 0.3 is 5.97 Å². The van der Waals surface area contributed by atoms with Crippen LogP contribution in [-0.4, -0.2) is 35.7 Å². The summed E-state index contributed by atoms with van der Waals surface area (Å²) in [5.41, 5.74) is 0.880. The molecule has 0 unspecified atom stereocenters. The van der Waals surface area contributed by atoms with Gasteiger partial charge in [-0.05, 0) is 54.1 Å². The predicted octanol–water partition coefficient (Wildman–Crippen LogP) is 4.17. The van der Waals surface area contributed by atoms with Gasteiger partial charge in [-0.15, -0.1) is 0 Å². The van der Waals surface area contributed by atoms with E-state index in [9.17, 15) is 4.79 Å². The Morgan fingerprint density at radius 2 is 1.24 bits per heavy atom. The summed E-state index contributed by atoms with van der Waals surface area (Å²) >= 11 is 0. The Labute approximate surface area is 222 Å². The van der Waals surface area contributed by atoms with Crippen molar-refractivity contribution in [1.82, 2.24) is 20.6 Å². The molecule has 190 valence electrons. The first-order valence-corrected chi connectivity index (χ1v) is 13.7. The van der Waals surface area contributed by atoms with Gasteiger partial charge in [-0.3, -0.25) is 10.3 Å². The fourth-order valence-electron chi connectivity index (χ4n) is 3.94. The van der Waals surface area contributed by atoms with Crippen molar-refractivity contribution in [2.75, 3.05) is 14.2 Å². The first-order valence-electron chi connectivity index (χ1n) is 11.8. The lowest BCUT2D eigenvalue weighted by Gasteiger charge is -2.23. The van der Waals surface area contributed by atoms with Gasteiger partial charge in [0.15, 0.2) is 0 Å². The maximum Gasteiger partial charge on any atom is 0.333 e. The second-order valence-corrected chi connectivity index (χ2v) is 11.3. The van der Waals surface area contributed by atoms with E-state index in [1.807, 2.05) is 84.7 Å². The Balaban J connectivity index is 0.000000216. The van der Waals surface area contributed by atoms with E-state index in [-0.39, 0.29) is 5.97 Å². The Morgan fingerprint density at radius 1 is 0.737 bits per heavy atom. The summed E-state index contributed by atoms with van der Waals surface area (Å²) in [5, 5.41) is 17.9. The van der Waals surface area contributed by atoms with Gasteiger partial charge in [0, 0.05) is 5.82 Å². The van der Waals surface area contributed by atoms with Crippen molar-refractivity contribution in [2.24, 2.45) is 0 Å². The summed E-state index contributed by atoms with van der Waals surface area (Å²) in [4.78, 5) is 11.9. The average molecular weight is 523 g/mol. The molecule has 7 nitrogen and oxygen atoms in total. The van der Waals surface area contributed by atoms with Crippen LogP contribution in [-0.2, 0) is 9.53 Å². The monoisotopic (exact) mass is 522 g/mol. The quantitative estimate of drug-likeness (QED) is 0.180. The highest BCUT2D eigenvalue weighted by atomic mass is 31.2. The average Bonchev–Trinajstić information content (AvgIpc) is 3.55. The zero-order valence-electron chi connectivity index (χ0n) is 21.1.